The summed E-state index contributed by atoms with van der Waals surface area (Å²) in [6, 6.07) is 53.2. The number of halogens is 3. The summed E-state index contributed by atoms with van der Waals surface area (Å²) in [4.78, 5) is 0. The van der Waals surface area contributed by atoms with Gasteiger partial charge in [0.15, 0.2) is 0 Å². The molecule has 0 radical (unpaired) electrons. The van der Waals surface area contributed by atoms with Crippen molar-refractivity contribution in [3.05, 3.63) is 164 Å². The minimum atomic E-state index is -4.85. The summed E-state index contributed by atoms with van der Waals surface area (Å²) in [6.07, 6.45) is -4.85. The van der Waals surface area contributed by atoms with Crippen LogP contribution in [-0.4, -0.2) is 6.36 Å². The van der Waals surface area contributed by atoms with Crippen LogP contribution in [-0.2, 0) is 0 Å². The highest BCUT2D eigenvalue weighted by Crippen LogP contribution is 2.44. The molecule has 0 aromatic heterocycles. The molecular weight excluding hydrogens is 579 g/mol. The molecule has 0 aliphatic rings. The van der Waals surface area contributed by atoms with Crippen molar-refractivity contribution in [1.82, 2.24) is 0 Å². The molecule has 0 unspecified atom stereocenters. The molecular formula is C37H27F3OP2. The van der Waals surface area contributed by atoms with E-state index < -0.39 is 22.2 Å². The topological polar surface area (TPSA) is 9.23 Å². The van der Waals surface area contributed by atoms with E-state index in [0.29, 0.717) is 5.56 Å². The number of benzene rings is 6. The zero-order chi connectivity index (χ0) is 29.6. The van der Waals surface area contributed by atoms with Crippen LogP contribution in [0.15, 0.2) is 164 Å². The average molecular weight is 607 g/mol. The molecule has 0 aliphatic carbocycles. The monoisotopic (exact) mass is 606 g/mol. The molecule has 0 fully saturated rings. The van der Waals surface area contributed by atoms with Gasteiger partial charge in [0.2, 0.25) is 0 Å². The van der Waals surface area contributed by atoms with E-state index in [0.717, 1.165) is 37.4 Å². The highest BCUT2D eigenvalue weighted by molar-refractivity contribution is 7.80. The lowest BCUT2D eigenvalue weighted by molar-refractivity contribution is -0.274. The zero-order valence-corrected chi connectivity index (χ0v) is 24.8. The Morgan fingerprint density at radius 1 is 0.395 bits per heavy atom. The van der Waals surface area contributed by atoms with Crippen LogP contribution < -0.4 is 36.6 Å². The van der Waals surface area contributed by atoms with Gasteiger partial charge >= 0.3 is 6.36 Å². The van der Waals surface area contributed by atoms with Crippen molar-refractivity contribution in [2.45, 2.75) is 6.36 Å². The van der Waals surface area contributed by atoms with E-state index in [1.165, 1.54) is 6.07 Å². The summed E-state index contributed by atoms with van der Waals surface area (Å²) >= 11 is 0. The predicted molar refractivity (Wildman–Crippen MR) is 176 cm³/mol. The summed E-state index contributed by atoms with van der Waals surface area (Å²) in [5.41, 5.74) is 1.20. The van der Waals surface area contributed by atoms with E-state index in [2.05, 4.69) is 24.3 Å². The molecule has 0 heterocycles. The van der Waals surface area contributed by atoms with Gasteiger partial charge in [0.05, 0.1) is 0 Å². The lowest BCUT2D eigenvalue weighted by Crippen LogP contribution is -2.27. The summed E-state index contributed by atoms with van der Waals surface area (Å²) in [5.74, 6) is -0.201. The second-order valence-electron chi connectivity index (χ2n) is 9.73. The summed E-state index contributed by atoms with van der Waals surface area (Å²) in [6.45, 7) is 0. The Hall–Kier alpha value is -4.23. The van der Waals surface area contributed by atoms with Gasteiger partial charge in [0.1, 0.15) is 5.75 Å². The second kappa shape index (κ2) is 13.0. The molecule has 0 saturated carbocycles. The fourth-order valence-corrected chi connectivity index (χ4v) is 10.2. The van der Waals surface area contributed by atoms with Crippen LogP contribution in [0.4, 0.5) is 13.2 Å². The Labute approximate surface area is 252 Å². The first-order valence-corrected chi connectivity index (χ1v) is 16.5. The molecule has 6 heteroatoms. The highest BCUT2D eigenvalue weighted by Gasteiger charge is 2.34. The van der Waals surface area contributed by atoms with Crippen LogP contribution in [0.5, 0.6) is 5.75 Å². The van der Waals surface area contributed by atoms with Gasteiger partial charge in [-0.2, -0.15) is 0 Å². The number of hydrogen-bond acceptors (Lipinski definition) is 1. The van der Waals surface area contributed by atoms with Crippen LogP contribution in [0.3, 0.4) is 0 Å². The molecule has 6 rings (SSSR count). The number of hydrogen-bond donors (Lipinski definition) is 0. The molecule has 0 bridgehead atoms. The molecule has 0 N–H and O–H groups in total. The molecule has 0 atom stereocenters. The Morgan fingerprint density at radius 3 is 1.21 bits per heavy atom. The molecule has 1 nitrogen and oxygen atoms in total. The third kappa shape index (κ3) is 6.57. The SMILES string of the molecule is FC(F)(F)Oc1cccc(P(c2ccccc2)c2ccccc2)c1-c1ccccc1P(c1ccccc1)c1ccccc1. The maximum atomic E-state index is 14.0. The smallest absolute Gasteiger partial charge is 0.405 e. The lowest BCUT2D eigenvalue weighted by atomic mass is 10.0. The second-order valence-corrected chi connectivity index (χ2v) is 14.1. The van der Waals surface area contributed by atoms with Gasteiger partial charge in [-0.1, -0.05) is 158 Å². The molecule has 0 amide bonds. The summed E-state index contributed by atoms with van der Waals surface area (Å²) in [7, 11) is -2.33. The molecule has 0 saturated heterocycles. The standard InChI is InChI=1S/C37H27F3OP2/c38-37(39,40)41-33-25-15-27-35(43(30-20-9-3-10-21-30)31-22-11-4-12-23-31)36(33)32-24-13-14-26-34(32)42(28-16-5-1-6-17-28)29-18-7-2-8-19-29/h1-27H. The molecule has 6 aromatic rings. The van der Waals surface area contributed by atoms with Gasteiger partial charge in [-0.3, -0.25) is 0 Å². The van der Waals surface area contributed by atoms with Gasteiger partial charge < -0.3 is 4.74 Å². The lowest BCUT2D eigenvalue weighted by Gasteiger charge is -2.27. The highest BCUT2D eigenvalue weighted by atomic mass is 31.1. The van der Waals surface area contributed by atoms with E-state index in [1.807, 2.05) is 127 Å². The van der Waals surface area contributed by atoms with Gasteiger partial charge in [-0.05, 0) is 59.3 Å². The number of ether oxygens (including phenoxy) is 1. The maximum Gasteiger partial charge on any atom is 0.573 e. The average Bonchev–Trinajstić information content (AvgIpc) is 3.03. The molecule has 212 valence electrons. The predicted octanol–water partition coefficient (Wildman–Crippen LogP) is 7.77. The Bertz CT molecular complexity index is 1700. The van der Waals surface area contributed by atoms with Crippen molar-refractivity contribution in [2.75, 3.05) is 0 Å². The Kier molecular flexibility index (Phi) is 8.70. The van der Waals surface area contributed by atoms with Crippen molar-refractivity contribution in [2.24, 2.45) is 0 Å². The van der Waals surface area contributed by atoms with Crippen LogP contribution in [0, 0.1) is 0 Å². The van der Waals surface area contributed by atoms with Gasteiger partial charge in [0.25, 0.3) is 0 Å². The van der Waals surface area contributed by atoms with Crippen molar-refractivity contribution in [3.63, 3.8) is 0 Å². The van der Waals surface area contributed by atoms with Gasteiger partial charge in [-0.25, -0.2) is 0 Å². The van der Waals surface area contributed by atoms with Crippen molar-refractivity contribution >= 4 is 47.7 Å². The Morgan fingerprint density at radius 2 is 0.767 bits per heavy atom. The van der Waals surface area contributed by atoms with E-state index in [4.69, 9.17) is 4.74 Å². The van der Waals surface area contributed by atoms with Crippen LogP contribution in [0.1, 0.15) is 0 Å². The van der Waals surface area contributed by atoms with Crippen molar-refractivity contribution in [3.8, 4) is 16.9 Å². The number of rotatable bonds is 8. The van der Waals surface area contributed by atoms with E-state index in [-0.39, 0.29) is 5.75 Å². The molecule has 0 spiro atoms. The molecule has 0 aliphatic heterocycles. The first kappa shape index (κ1) is 28.9. The largest absolute Gasteiger partial charge is 0.573 e. The van der Waals surface area contributed by atoms with E-state index in [1.54, 1.807) is 6.07 Å². The quantitative estimate of drug-likeness (QED) is 0.161. The summed E-state index contributed by atoms with van der Waals surface area (Å²) in [5, 5.41) is 6.07. The van der Waals surface area contributed by atoms with E-state index >= 15 is 0 Å². The van der Waals surface area contributed by atoms with Gasteiger partial charge in [0, 0.05) is 5.56 Å². The van der Waals surface area contributed by atoms with Crippen LogP contribution in [0.25, 0.3) is 11.1 Å². The van der Waals surface area contributed by atoms with Gasteiger partial charge in [-0.15, -0.1) is 13.2 Å². The maximum absolute atomic E-state index is 14.0. The fourth-order valence-electron chi connectivity index (χ4n) is 5.23. The zero-order valence-electron chi connectivity index (χ0n) is 23.0. The molecule has 6 aromatic carbocycles. The van der Waals surface area contributed by atoms with E-state index in [9.17, 15) is 13.2 Å². The van der Waals surface area contributed by atoms with Crippen LogP contribution >= 0.6 is 15.8 Å². The third-order valence-corrected chi connectivity index (χ3v) is 11.9. The van der Waals surface area contributed by atoms with Crippen molar-refractivity contribution < 1.29 is 17.9 Å². The summed E-state index contributed by atoms with van der Waals surface area (Å²) < 4.78 is 46.8. The fraction of sp³-hybridized carbons (Fsp3) is 0.0270. The Balaban J connectivity index is 1.66. The normalized spacial score (nSPS) is 11.6. The third-order valence-electron chi connectivity index (χ3n) is 6.94. The minimum absolute atomic E-state index is 0.201. The first-order valence-electron chi connectivity index (χ1n) is 13.8. The minimum Gasteiger partial charge on any atom is -0.405 e. The van der Waals surface area contributed by atoms with Crippen LogP contribution in [0.2, 0.25) is 0 Å². The number of alkyl halides is 3. The first-order chi connectivity index (χ1) is 21.0. The van der Waals surface area contributed by atoms with Crippen molar-refractivity contribution in [1.29, 1.82) is 0 Å². The molecule has 43 heavy (non-hydrogen) atoms.